The Bertz CT molecular complexity index is 305. The Morgan fingerprint density at radius 3 is 2.74 bits per heavy atom. The zero-order valence-corrected chi connectivity index (χ0v) is 12.3. The van der Waals surface area contributed by atoms with Gasteiger partial charge in [-0.05, 0) is 46.5 Å². The maximum Gasteiger partial charge on any atom is 0.312 e. The molecule has 0 bridgehead atoms. The molecule has 0 radical (unpaired) electrons. The van der Waals surface area contributed by atoms with Crippen molar-refractivity contribution >= 4 is 11.8 Å². The number of carbonyl (C=O) groups is 2. The molecule has 2 amide bonds. The van der Waals surface area contributed by atoms with Gasteiger partial charge in [-0.3, -0.25) is 9.59 Å². The lowest BCUT2D eigenvalue weighted by Gasteiger charge is -2.32. The van der Waals surface area contributed by atoms with Crippen LogP contribution in [0, 0.1) is 0 Å². The first-order valence-corrected chi connectivity index (χ1v) is 7.22. The number of piperidine rings is 1. The van der Waals surface area contributed by atoms with Gasteiger partial charge in [-0.2, -0.15) is 0 Å². The van der Waals surface area contributed by atoms with Gasteiger partial charge in [0, 0.05) is 25.7 Å². The lowest BCUT2D eigenvalue weighted by atomic mass is 10.0. The molecule has 0 aromatic heterocycles. The Labute approximate surface area is 115 Å². The second kappa shape index (κ2) is 8.15. The lowest BCUT2D eigenvalue weighted by Crippen LogP contribution is -2.49. The molecule has 1 N–H and O–H groups in total. The van der Waals surface area contributed by atoms with Crippen LogP contribution in [0.1, 0.15) is 46.5 Å². The zero-order valence-electron chi connectivity index (χ0n) is 12.3. The molecule has 5 nitrogen and oxygen atoms in total. The van der Waals surface area contributed by atoms with E-state index in [1.807, 2.05) is 20.8 Å². The summed E-state index contributed by atoms with van der Waals surface area (Å²) < 4.78 is 5.37. The van der Waals surface area contributed by atoms with Gasteiger partial charge >= 0.3 is 11.8 Å². The lowest BCUT2D eigenvalue weighted by molar-refractivity contribution is -0.148. The number of hydrogen-bond donors (Lipinski definition) is 1. The van der Waals surface area contributed by atoms with Gasteiger partial charge in [-0.25, -0.2) is 0 Å². The molecular weight excluding hydrogens is 244 g/mol. The van der Waals surface area contributed by atoms with Gasteiger partial charge in [-0.1, -0.05) is 0 Å². The molecule has 0 aromatic carbocycles. The molecule has 1 unspecified atom stereocenters. The van der Waals surface area contributed by atoms with Crippen LogP contribution in [0.5, 0.6) is 0 Å². The first kappa shape index (κ1) is 16.0. The third-order valence-corrected chi connectivity index (χ3v) is 3.32. The Balaban J connectivity index is 2.23. The van der Waals surface area contributed by atoms with E-state index in [0.717, 1.165) is 25.7 Å². The highest BCUT2D eigenvalue weighted by Crippen LogP contribution is 2.16. The van der Waals surface area contributed by atoms with E-state index in [-0.39, 0.29) is 12.1 Å². The molecule has 0 saturated carbocycles. The highest BCUT2D eigenvalue weighted by molar-refractivity contribution is 6.35. The van der Waals surface area contributed by atoms with Crippen molar-refractivity contribution in [1.29, 1.82) is 0 Å². The molecule has 0 aromatic rings. The van der Waals surface area contributed by atoms with Crippen LogP contribution in [0.2, 0.25) is 0 Å². The number of nitrogens with zero attached hydrogens (tertiary/aromatic N) is 1. The Morgan fingerprint density at radius 2 is 2.11 bits per heavy atom. The number of amides is 2. The fourth-order valence-electron chi connectivity index (χ4n) is 2.20. The molecular formula is C14H26N2O3. The Hall–Kier alpha value is -1.10. The van der Waals surface area contributed by atoms with Crippen LogP contribution in [-0.4, -0.2) is 48.6 Å². The van der Waals surface area contributed by atoms with Crippen LogP contribution in [0.4, 0.5) is 0 Å². The van der Waals surface area contributed by atoms with Gasteiger partial charge in [0.25, 0.3) is 0 Å². The van der Waals surface area contributed by atoms with Crippen LogP contribution in [-0.2, 0) is 14.3 Å². The highest BCUT2D eigenvalue weighted by Gasteiger charge is 2.27. The number of nitrogens with one attached hydrogen (secondary N) is 1. The van der Waals surface area contributed by atoms with E-state index in [4.69, 9.17) is 4.74 Å². The van der Waals surface area contributed by atoms with E-state index < -0.39 is 11.8 Å². The minimum Gasteiger partial charge on any atom is -0.379 e. The van der Waals surface area contributed by atoms with Crippen LogP contribution < -0.4 is 5.32 Å². The molecule has 1 aliphatic rings. The topological polar surface area (TPSA) is 58.6 Å². The van der Waals surface area contributed by atoms with Crippen molar-refractivity contribution in [3.8, 4) is 0 Å². The van der Waals surface area contributed by atoms with Crippen molar-refractivity contribution in [2.45, 2.75) is 58.6 Å². The quantitative estimate of drug-likeness (QED) is 0.605. The van der Waals surface area contributed by atoms with Gasteiger partial charge in [0.15, 0.2) is 0 Å². The van der Waals surface area contributed by atoms with Crippen LogP contribution >= 0.6 is 0 Å². The van der Waals surface area contributed by atoms with Crippen molar-refractivity contribution < 1.29 is 14.3 Å². The summed E-state index contributed by atoms with van der Waals surface area (Å²) in [5, 5.41) is 2.66. The minimum absolute atomic E-state index is 0.177. The molecule has 1 aliphatic heterocycles. The standard InChI is InChI=1S/C14H26N2O3/c1-11(2)19-10-6-8-15-13(17)14(18)16-9-5-4-7-12(16)3/h11-12H,4-10H2,1-3H3,(H,15,17). The average molecular weight is 270 g/mol. The highest BCUT2D eigenvalue weighted by atomic mass is 16.5. The maximum atomic E-state index is 12.0. The largest absolute Gasteiger partial charge is 0.379 e. The third kappa shape index (κ3) is 5.59. The average Bonchev–Trinajstić information content (AvgIpc) is 2.37. The van der Waals surface area contributed by atoms with Gasteiger partial charge in [-0.15, -0.1) is 0 Å². The maximum absolute atomic E-state index is 12.0. The number of likely N-dealkylation sites (tertiary alicyclic amines) is 1. The summed E-state index contributed by atoms with van der Waals surface area (Å²) in [6.45, 7) is 7.73. The fourth-order valence-corrected chi connectivity index (χ4v) is 2.20. The van der Waals surface area contributed by atoms with Crippen molar-refractivity contribution in [2.24, 2.45) is 0 Å². The number of carbonyl (C=O) groups excluding carboxylic acids is 2. The van der Waals surface area contributed by atoms with Gasteiger partial charge in [0.1, 0.15) is 0 Å². The van der Waals surface area contributed by atoms with Gasteiger partial charge < -0.3 is 15.0 Å². The van der Waals surface area contributed by atoms with Crippen molar-refractivity contribution in [1.82, 2.24) is 10.2 Å². The Morgan fingerprint density at radius 1 is 1.37 bits per heavy atom. The summed E-state index contributed by atoms with van der Waals surface area (Å²) in [6.07, 6.45) is 4.05. The van der Waals surface area contributed by atoms with E-state index >= 15 is 0 Å². The van der Waals surface area contributed by atoms with E-state index in [2.05, 4.69) is 5.32 Å². The molecule has 1 rings (SSSR count). The predicted molar refractivity (Wildman–Crippen MR) is 73.7 cm³/mol. The van der Waals surface area contributed by atoms with Crippen LogP contribution in [0.25, 0.3) is 0 Å². The summed E-state index contributed by atoms with van der Waals surface area (Å²) in [6, 6.07) is 0.177. The smallest absolute Gasteiger partial charge is 0.312 e. The Kier molecular flexibility index (Phi) is 6.84. The van der Waals surface area contributed by atoms with Crippen molar-refractivity contribution in [3.63, 3.8) is 0 Å². The molecule has 5 heteroatoms. The molecule has 0 aliphatic carbocycles. The molecule has 1 atom stereocenters. The number of ether oxygens (including phenoxy) is 1. The summed E-state index contributed by atoms with van der Waals surface area (Å²) in [7, 11) is 0. The van der Waals surface area contributed by atoms with Gasteiger partial charge in [0.2, 0.25) is 0 Å². The molecule has 1 fully saturated rings. The summed E-state index contributed by atoms with van der Waals surface area (Å²) >= 11 is 0. The molecule has 1 saturated heterocycles. The summed E-state index contributed by atoms with van der Waals surface area (Å²) in [5.74, 6) is -0.879. The van der Waals surface area contributed by atoms with Crippen LogP contribution in [0.15, 0.2) is 0 Å². The van der Waals surface area contributed by atoms with Crippen molar-refractivity contribution in [2.75, 3.05) is 19.7 Å². The van der Waals surface area contributed by atoms with Crippen LogP contribution in [0.3, 0.4) is 0 Å². The minimum atomic E-state index is -0.488. The van der Waals surface area contributed by atoms with Gasteiger partial charge in [0.05, 0.1) is 6.10 Å². The first-order valence-electron chi connectivity index (χ1n) is 7.22. The zero-order chi connectivity index (χ0) is 14.3. The predicted octanol–water partition coefficient (Wildman–Crippen LogP) is 1.32. The van der Waals surface area contributed by atoms with E-state index in [0.29, 0.717) is 19.7 Å². The van der Waals surface area contributed by atoms with E-state index in [1.54, 1.807) is 4.90 Å². The third-order valence-electron chi connectivity index (χ3n) is 3.32. The molecule has 19 heavy (non-hydrogen) atoms. The SMILES string of the molecule is CC(C)OCCCNC(=O)C(=O)N1CCCCC1C. The second-order valence-corrected chi connectivity index (χ2v) is 5.37. The number of rotatable bonds is 5. The summed E-state index contributed by atoms with van der Waals surface area (Å²) in [4.78, 5) is 25.4. The normalized spacial score (nSPS) is 19.6. The number of hydrogen-bond acceptors (Lipinski definition) is 3. The second-order valence-electron chi connectivity index (χ2n) is 5.37. The first-order chi connectivity index (χ1) is 9.02. The molecule has 1 heterocycles. The monoisotopic (exact) mass is 270 g/mol. The summed E-state index contributed by atoms with van der Waals surface area (Å²) in [5.41, 5.74) is 0. The van der Waals surface area contributed by atoms with E-state index in [9.17, 15) is 9.59 Å². The molecule has 110 valence electrons. The fraction of sp³-hybridized carbons (Fsp3) is 0.857. The molecule has 0 spiro atoms. The van der Waals surface area contributed by atoms with E-state index in [1.165, 1.54) is 0 Å². The van der Waals surface area contributed by atoms with Crippen molar-refractivity contribution in [3.05, 3.63) is 0 Å².